The first-order chi connectivity index (χ1) is 23.4. The van der Waals surface area contributed by atoms with E-state index in [1.54, 1.807) is 72.8 Å². The fourth-order valence-electron chi connectivity index (χ4n) is 5.05. The molecule has 0 saturated carbocycles. The average molecular weight is 668 g/mol. The zero-order chi connectivity index (χ0) is 33.3. The molecule has 0 aliphatic heterocycles. The standard InChI is InChI=1S/C40H30ClN3O3S/c41-35-21-10-9-18-31(35)25-36(44-38(45)29-15-5-2-6-16-29)39(46)42-32-19-11-20-34(26-32)48-37(28-13-3-1-4-14-28)40(47)43-33-23-22-27-12-7-8-17-30(27)24-33/h1-26,37H,(H,42,46)(H,43,47)(H,44,45)/b36-25+. The van der Waals surface area contributed by atoms with E-state index in [1.807, 2.05) is 84.9 Å². The Kier molecular flexibility index (Phi) is 10.3. The van der Waals surface area contributed by atoms with Gasteiger partial charge in [-0.1, -0.05) is 115 Å². The predicted molar refractivity (Wildman–Crippen MR) is 196 cm³/mol. The first-order valence-corrected chi connectivity index (χ1v) is 16.4. The quantitative estimate of drug-likeness (QED) is 0.100. The van der Waals surface area contributed by atoms with E-state index >= 15 is 0 Å². The molecule has 6 aromatic rings. The van der Waals surface area contributed by atoms with E-state index < -0.39 is 17.1 Å². The highest BCUT2D eigenvalue weighted by Gasteiger charge is 2.23. The van der Waals surface area contributed by atoms with Gasteiger partial charge in [0.25, 0.3) is 11.8 Å². The Balaban J connectivity index is 1.23. The van der Waals surface area contributed by atoms with Gasteiger partial charge in [0.05, 0.1) is 0 Å². The van der Waals surface area contributed by atoms with Gasteiger partial charge in [-0.15, -0.1) is 11.8 Å². The highest BCUT2D eigenvalue weighted by molar-refractivity contribution is 8.00. The number of nitrogens with one attached hydrogen (secondary N) is 3. The molecule has 0 spiro atoms. The number of anilines is 2. The van der Waals surface area contributed by atoms with Crippen LogP contribution in [0.5, 0.6) is 0 Å². The lowest BCUT2D eigenvalue weighted by Crippen LogP contribution is -2.30. The van der Waals surface area contributed by atoms with Gasteiger partial charge in [0.1, 0.15) is 10.9 Å². The molecule has 0 aliphatic rings. The summed E-state index contributed by atoms with van der Waals surface area (Å²) < 4.78 is 0. The zero-order valence-corrected chi connectivity index (χ0v) is 27.2. The number of hydrogen-bond acceptors (Lipinski definition) is 4. The number of fused-ring (bicyclic) bond motifs is 1. The Morgan fingerprint density at radius 3 is 2.06 bits per heavy atom. The summed E-state index contributed by atoms with van der Waals surface area (Å²) in [6, 6.07) is 46.3. The minimum absolute atomic E-state index is 0.0203. The van der Waals surface area contributed by atoms with Crippen LogP contribution in [0.1, 0.15) is 26.7 Å². The summed E-state index contributed by atoms with van der Waals surface area (Å²) in [5.41, 5.74) is 3.03. The Morgan fingerprint density at radius 1 is 0.625 bits per heavy atom. The smallest absolute Gasteiger partial charge is 0.272 e. The largest absolute Gasteiger partial charge is 0.325 e. The molecule has 6 nitrogen and oxygen atoms in total. The average Bonchev–Trinajstić information content (AvgIpc) is 3.12. The van der Waals surface area contributed by atoms with Gasteiger partial charge in [-0.05, 0) is 76.5 Å². The summed E-state index contributed by atoms with van der Waals surface area (Å²) >= 11 is 7.75. The van der Waals surface area contributed by atoms with E-state index in [-0.39, 0.29) is 11.6 Å². The molecule has 0 aromatic heterocycles. The molecular weight excluding hydrogens is 638 g/mol. The molecule has 1 atom stereocenters. The highest BCUT2D eigenvalue weighted by atomic mass is 35.5. The molecule has 6 rings (SSSR count). The topological polar surface area (TPSA) is 87.3 Å². The third kappa shape index (κ3) is 8.20. The molecule has 0 aliphatic carbocycles. The predicted octanol–water partition coefficient (Wildman–Crippen LogP) is 9.37. The van der Waals surface area contributed by atoms with Crippen LogP contribution in [0.2, 0.25) is 5.02 Å². The van der Waals surface area contributed by atoms with Gasteiger partial charge < -0.3 is 16.0 Å². The summed E-state index contributed by atoms with van der Waals surface area (Å²) in [5, 5.41) is 10.7. The van der Waals surface area contributed by atoms with Crippen LogP contribution in [-0.4, -0.2) is 17.7 Å². The van der Waals surface area contributed by atoms with Crippen LogP contribution in [0.3, 0.4) is 0 Å². The van der Waals surface area contributed by atoms with Gasteiger partial charge in [0.2, 0.25) is 5.91 Å². The second-order valence-electron chi connectivity index (χ2n) is 10.8. The molecule has 0 saturated heterocycles. The normalized spacial score (nSPS) is 11.8. The number of thioether (sulfide) groups is 1. The molecule has 236 valence electrons. The van der Waals surface area contributed by atoms with Crippen molar-refractivity contribution in [2.75, 3.05) is 10.6 Å². The Labute approximate surface area is 287 Å². The van der Waals surface area contributed by atoms with E-state index in [4.69, 9.17) is 11.6 Å². The molecule has 6 aromatic carbocycles. The Bertz CT molecular complexity index is 2120. The van der Waals surface area contributed by atoms with E-state index in [9.17, 15) is 14.4 Å². The second kappa shape index (κ2) is 15.3. The van der Waals surface area contributed by atoms with E-state index in [0.717, 1.165) is 21.2 Å². The van der Waals surface area contributed by atoms with Crippen LogP contribution in [0.25, 0.3) is 16.8 Å². The monoisotopic (exact) mass is 667 g/mol. The summed E-state index contributed by atoms with van der Waals surface area (Å²) in [7, 11) is 0. The fraction of sp³-hybridized carbons (Fsp3) is 0.0250. The van der Waals surface area contributed by atoms with Gasteiger partial charge in [0.15, 0.2) is 0 Å². The maximum atomic E-state index is 13.8. The Morgan fingerprint density at radius 2 is 1.29 bits per heavy atom. The lowest BCUT2D eigenvalue weighted by molar-refractivity contribution is -0.116. The van der Waals surface area contributed by atoms with Crippen LogP contribution >= 0.6 is 23.4 Å². The summed E-state index contributed by atoms with van der Waals surface area (Å²) in [6.07, 6.45) is 1.54. The van der Waals surface area contributed by atoms with Crippen LogP contribution in [0, 0.1) is 0 Å². The van der Waals surface area contributed by atoms with Crippen molar-refractivity contribution in [2.45, 2.75) is 10.1 Å². The molecule has 3 N–H and O–H groups in total. The van der Waals surface area contributed by atoms with Crippen LogP contribution in [0.15, 0.2) is 162 Å². The number of carbonyl (C=O) groups excluding carboxylic acids is 3. The SMILES string of the molecule is O=C(Nc1cccc(SC(C(=O)Nc2ccc3ccccc3c2)c2ccccc2)c1)/C(=C\c1ccccc1Cl)NC(=O)c1ccccc1. The summed E-state index contributed by atoms with van der Waals surface area (Å²) in [4.78, 5) is 41.2. The third-order valence-corrected chi connectivity index (χ3v) is 9.03. The number of carbonyl (C=O) groups is 3. The van der Waals surface area contributed by atoms with Crippen molar-refractivity contribution < 1.29 is 14.4 Å². The zero-order valence-electron chi connectivity index (χ0n) is 25.6. The number of rotatable bonds is 10. The number of halogens is 1. The van der Waals surface area contributed by atoms with Crippen molar-refractivity contribution in [3.63, 3.8) is 0 Å². The van der Waals surface area contributed by atoms with Gasteiger partial charge in [-0.25, -0.2) is 0 Å². The van der Waals surface area contributed by atoms with E-state index in [1.165, 1.54) is 11.8 Å². The maximum absolute atomic E-state index is 13.8. The first kappa shape index (κ1) is 32.3. The molecule has 1 unspecified atom stereocenters. The van der Waals surface area contributed by atoms with Crippen molar-refractivity contribution in [1.82, 2.24) is 5.32 Å². The van der Waals surface area contributed by atoms with Crippen molar-refractivity contribution in [2.24, 2.45) is 0 Å². The minimum atomic E-state index is -0.579. The molecule has 0 radical (unpaired) electrons. The lowest BCUT2D eigenvalue weighted by atomic mass is 10.1. The van der Waals surface area contributed by atoms with Gasteiger partial charge in [-0.3, -0.25) is 14.4 Å². The van der Waals surface area contributed by atoms with E-state index in [0.29, 0.717) is 27.5 Å². The van der Waals surface area contributed by atoms with Crippen LogP contribution in [-0.2, 0) is 9.59 Å². The number of amides is 3. The molecular formula is C40H30ClN3O3S. The van der Waals surface area contributed by atoms with E-state index in [2.05, 4.69) is 16.0 Å². The summed E-state index contributed by atoms with van der Waals surface area (Å²) in [6.45, 7) is 0. The fourth-order valence-corrected chi connectivity index (χ4v) is 6.32. The van der Waals surface area contributed by atoms with Crippen LogP contribution < -0.4 is 16.0 Å². The van der Waals surface area contributed by atoms with Crippen molar-refractivity contribution in [3.05, 3.63) is 179 Å². The molecule has 48 heavy (non-hydrogen) atoms. The van der Waals surface area contributed by atoms with Crippen molar-refractivity contribution in [3.8, 4) is 0 Å². The second-order valence-corrected chi connectivity index (χ2v) is 12.4. The van der Waals surface area contributed by atoms with Crippen molar-refractivity contribution in [1.29, 1.82) is 0 Å². The van der Waals surface area contributed by atoms with Crippen molar-refractivity contribution >= 4 is 69.3 Å². The van der Waals surface area contributed by atoms with Crippen LogP contribution in [0.4, 0.5) is 11.4 Å². The first-order valence-electron chi connectivity index (χ1n) is 15.2. The van der Waals surface area contributed by atoms with Gasteiger partial charge >= 0.3 is 0 Å². The minimum Gasteiger partial charge on any atom is -0.325 e. The van der Waals surface area contributed by atoms with Gasteiger partial charge in [0, 0.05) is 26.9 Å². The molecule has 0 fully saturated rings. The maximum Gasteiger partial charge on any atom is 0.272 e. The Hall–Kier alpha value is -5.63. The number of benzene rings is 6. The molecule has 0 bridgehead atoms. The lowest BCUT2D eigenvalue weighted by Gasteiger charge is -2.18. The highest BCUT2D eigenvalue weighted by Crippen LogP contribution is 2.37. The molecule has 8 heteroatoms. The van der Waals surface area contributed by atoms with Gasteiger partial charge in [-0.2, -0.15) is 0 Å². The number of hydrogen-bond donors (Lipinski definition) is 3. The summed E-state index contributed by atoms with van der Waals surface area (Å²) in [5.74, 6) is -1.14. The molecule has 0 heterocycles. The molecule has 3 amide bonds. The third-order valence-electron chi connectivity index (χ3n) is 7.44.